The molecular weight excluding hydrogens is 260 g/mol. The normalized spacial score (nSPS) is 18.8. The predicted octanol–water partition coefficient (Wildman–Crippen LogP) is 3.48. The van der Waals surface area contributed by atoms with Gasteiger partial charge in [0, 0.05) is 18.3 Å². The molecule has 3 heteroatoms. The molecule has 3 nitrogen and oxygen atoms in total. The SMILES string of the molecule is Nc1ccc(OCCN2CCCC2c2ccccc2)cc1. The average molecular weight is 282 g/mol. The van der Waals surface area contributed by atoms with Crippen LogP contribution in [0.3, 0.4) is 0 Å². The number of hydrogen-bond donors (Lipinski definition) is 1. The largest absolute Gasteiger partial charge is 0.492 e. The third-order valence-corrected chi connectivity index (χ3v) is 4.08. The van der Waals surface area contributed by atoms with Crippen molar-refractivity contribution in [3.8, 4) is 5.75 Å². The molecule has 0 aromatic heterocycles. The van der Waals surface area contributed by atoms with Gasteiger partial charge in [0.05, 0.1) is 0 Å². The summed E-state index contributed by atoms with van der Waals surface area (Å²) in [4.78, 5) is 2.52. The minimum Gasteiger partial charge on any atom is -0.492 e. The van der Waals surface area contributed by atoms with Gasteiger partial charge in [-0.25, -0.2) is 0 Å². The first-order chi connectivity index (χ1) is 10.3. The molecule has 0 amide bonds. The highest BCUT2D eigenvalue weighted by atomic mass is 16.5. The summed E-state index contributed by atoms with van der Waals surface area (Å²) in [6, 6.07) is 18.9. The summed E-state index contributed by atoms with van der Waals surface area (Å²) in [6.07, 6.45) is 2.51. The first-order valence-electron chi connectivity index (χ1n) is 7.60. The van der Waals surface area contributed by atoms with Crippen molar-refractivity contribution in [2.45, 2.75) is 18.9 Å². The molecule has 2 aromatic rings. The van der Waals surface area contributed by atoms with Crippen molar-refractivity contribution in [2.75, 3.05) is 25.4 Å². The molecule has 2 aromatic carbocycles. The molecule has 2 N–H and O–H groups in total. The zero-order valence-electron chi connectivity index (χ0n) is 12.2. The molecule has 1 aliphatic rings. The Kier molecular flexibility index (Phi) is 4.41. The van der Waals surface area contributed by atoms with E-state index in [1.54, 1.807) is 0 Å². The number of anilines is 1. The van der Waals surface area contributed by atoms with E-state index in [4.69, 9.17) is 10.5 Å². The van der Waals surface area contributed by atoms with Crippen molar-refractivity contribution in [1.82, 2.24) is 4.90 Å². The van der Waals surface area contributed by atoms with Gasteiger partial charge in [-0.15, -0.1) is 0 Å². The van der Waals surface area contributed by atoms with Gasteiger partial charge >= 0.3 is 0 Å². The summed E-state index contributed by atoms with van der Waals surface area (Å²) in [7, 11) is 0. The maximum atomic E-state index is 5.81. The molecule has 1 fully saturated rings. The van der Waals surface area contributed by atoms with Crippen LogP contribution in [0.5, 0.6) is 5.75 Å². The van der Waals surface area contributed by atoms with Gasteiger partial charge in [0.15, 0.2) is 0 Å². The number of nitrogens with two attached hydrogens (primary N) is 1. The van der Waals surface area contributed by atoms with Crippen LogP contribution in [0.2, 0.25) is 0 Å². The monoisotopic (exact) mass is 282 g/mol. The third kappa shape index (κ3) is 3.56. The number of benzene rings is 2. The van der Waals surface area contributed by atoms with Crippen LogP contribution < -0.4 is 10.5 Å². The van der Waals surface area contributed by atoms with Crippen LogP contribution in [0.25, 0.3) is 0 Å². The molecule has 3 rings (SSSR count). The van der Waals surface area contributed by atoms with Crippen molar-refractivity contribution < 1.29 is 4.74 Å². The molecule has 1 saturated heterocycles. The van der Waals surface area contributed by atoms with Crippen molar-refractivity contribution in [3.05, 3.63) is 60.2 Å². The van der Waals surface area contributed by atoms with Crippen molar-refractivity contribution in [1.29, 1.82) is 0 Å². The van der Waals surface area contributed by atoms with Crippen LogP contribution in [-0.4, -0.2) is 24.6 Å². The van der Waals surface area contributed by atoms with Crippen LogP contribution in [0, 0.1) is 0 Å². The first-order valence-corrected chi connectivity index (χ1v) is 7.60. The number of rotatable bonds is 5. The lowest BCUT2D eigenvalue weighted by molar-refractivity contribution is 0.197. The molecule has 110 valence electrons. The van der Waals surface area contributed by atoms with Gasteiger partial charge in [-0.3, -0.25) is 4.90 Å². The van der Waals surface area contributed by atoms with E-state index < -0.39 is 0 Å². The lowest BCUT2D eigenvalue weighted by atomic mass is 10.0. The molecule has 1 heterocycles. The van der Waals surface area contributed by atoms with Crippen LogP contribution >= 0.6 is 0 Å². The second kappa shape index (κ2) is 6.64. The fraction of sp³-hybridized carbons (Fsp3) is 0.333. The smallest absolute Gasteiger partial charge is 0.119 e. The second-order valence-corrected chi connectivity index (χ2v) is 5.52. The van der Waals surface area contributed by atoms with Gasteiger partial charge in [0.1, 0.15) is 12.4 Å². The van der Waals surface area contributed by atoms with Gasteiger partial charge in [0.25, 0.3) is 0 Å². The van der Waals surface area contributed by atoms with E-state index in [-0.39, 0.29) is 0 Å². The maximum Gasteiger partial charge on any atom is 0.119 e. The Morgan fingerprint density at radius 1 is 1.05 bits per heavy atom. The average Bonchev–Trinajstić information content (AvgIpc) is 2.99. The lowest BCUT2D eigenvalue weighted by Gasteiger charge is -2.24. The van der Waals surface area contributed by atoms with Crippen molar-refractivity contribution in [3.63, 3.8) is 0 Å². The van der Waals surface area contributed by atoms with Crippen LogP contribution in [0.1, 0.15) is 24.4 Å². The molecule has 1 aliphatic heterocycles. The molecule has 0 radical (unpaired) electrons. The summed E-state index contributed by atoms with van der Waals surface area (Å²) in [5.74, 6) is 0.889. The highest BCUT2D eigenvalue weighted by Crippen LogP contribution is 2.31. The van der Waals surface area contributed by atoms with Gasteiger partial charge in [-0.2, -0.15) is 0 Å². The number of likely N-dealkylation sites (tertiary alicyclic amines) is 1. The van der Waals surface area contributed by atoms with Gasteiger partial charge in [-0.1, -0.05) is 30.3 Å². The Balaban J connectivity index is 1.53. The maximum absolute atomic E-state index is 5.81. The van der Waals surface area contributed by atoms with Crippen molar-refractivity contribution in [2.24, 2.45) is 0 Å². The van der Waals surface area contributed by atoms with Crippen LogP contribution in [0.15, 0.2) is 54.6 Å². The Bertz CT molecular complexity index is 553. The fourth-order valence-electron chi connectivity index (χ4n) is 2.99. The van der Waals surface area contributed by atoms with Crippen molar-refractivity contribution >= 4 is 5.69 Å². The minimum absolute atomic E-state index is 0.543. The number of nitrogen functional groups attached to an aromatic ring is 1. The fourth-order valence-corrected chi connectivity index (χ4v) is 2.99. The van der Waals surface area contributed by atoms with Gasteiger partial charge in [0.2, 0.25) is 0 Å². The molecule has 21 heavy (non-hydrogen) atoms. The van der Waals surface area contributed by atoms with E-state index in [9.17, 15) is 0 Å². The topological polar surface area (TPSA) is 38.5 Å². The van der Waals surface area contributed by atoms with Gasteiger partial charge < -0.3 is 10.5 Å². The molecule has 0 bridgehead atoms. The Morgan fingerprint density at radius 2 is 1.81 bits per heavy atom. The summed E-state index contributed by atoms with van der Waals surface area (Å²) < 4.78 is 5.81. The Hall–Kier alpha value is -2.00. The summed E-state index contributed by atoms with van der Waals surface area (Å²) in [5, 5.41) is 0. The highest BCUT2D eigenvalue weighted by molar-refractivity contribution is 5.41. The zero-order valence-corrected chi connectivity index (χ0v) is 12.2. The molecule has 0 spiro atoms. The molecule has 1 atom stereocenters. The highest BCUT2D eigenvalue weighted by Gasteiger charge is 2.25. The molecule has 1 unspecified atom stereocenters. The van der Waals surface area contributed by atoms with E-state index in [0.29, 0.717) is 12.6 Å². The van der Waals surface area contributed by atoms with Crippen LogP contribution in [0.4, 0.5) is 5.69 Å². The summed E-state index contributed by atoms with van der Waals surface area (Å²) in [5.41, 5.74) is 7.86. The van der Waals surface area contributed by atoms with Gasteiger partial charge in [-0.05, 0) is 49.2 Å². The second-order valence-electron chi connectivity index (χ2n) is 5.52. The molecule has 0 saturated carbocycles. The summed E-state index contributed by atoms with van der Waals surface area (Å²) in [6.45, 7) is 2.84. The molecular formula is C18H22N2O. The summed E-state index contributed by atoms with van der Waals surface area (Å²) >= 11 is 0. The third-order valence-electron chi connectivity index (χ3n) is 4.08. The zero-order chi connectivity index (χ0) is 14.5. The first kappa shape index (κ1) is 14.0. The Labute approximate surface area is 126 Å². The molecule has 0 aliphatic carbocycles. The minimum atomic E-state index is 0.543. The quantitative estimate of drug-likeness (QED) is 0.853. The van der Waals surface area contributed by atoms with E-state index in [2.05, 4.69) is 35.2 Å². The van der Waals surface area contributed by atoms with E-state index in [1.165, 1.54) is 18.4 Å². The van der Waals surface area contributed by atoms with E-state index >= 15 is 0 Å². The number of ether oxygens (including phenoxy) is 1. The lowest BCUT2D eigenvalue weighted by Crippen LogP contribution is -2.28. The van der Waals surface area contributed by atoms with E-state index in [0.717, 1.165) is 24.5 Å². The Morgan fingerprint density at radius 3 is 2.57 bits per heavy atom. The standard InChI is InChI=1S/C18H22N2O/c19-16-8-10-17(11-9-16)21-14-13-20-12-4-7-18(20)15-5-2-1-3-6-15/h1-3,5-6,8-11,18H,4,7,12-14,19H2. The predicted molar refractivity (Wildman–Crippen MR) is 86.3 cm³/mol. The number of hydrogen-bond acceptors (Lipinski definition) is 3. The van der Waals surface area contributed by atoms with Crippen LogP contribution in [-0.2, 0) is 0 Å². The number of nitrogens with zero attached hydrogens (tertiary/aromatic N) is 1. The van der Waals surface area contributed by atoms with E-state index in [1.807, 2.05) is 24.3 Å².